The molecule has 1 aromatic carbocycles. The molecule has 0 bridgehead atoms. The Morgan fingerprint density at radius 2 is 1.89 bits per heavy atom. The molecule has 1 aromatic rings. The predicted molar refractivity (Wildman–Crippen MR) is 80.3 cm³/mol. The van der Waals surface area contributed by atoms with Gasteiger partial charge in [-0.2, -0.15) is 0 Å². The van der Waals surface area contributed by atoms with E-state index in [1.54, 1.807) is 12.1 Å². The van der Waals surface area contributed by atoms with E-state index in [-0.39, 0.29) is 10.8 Å². The third-order valence-electron chi connectivity index (χ3n) is 4.48. The Labute approximate surface area is 121 Å². The summed E-state index contributed by atoms with van der Waals surface area (Å²) < 4.78 is 13.5. The molecule has 0 nitrogen and oxygen atoms in total. The molecular weight excluding hydrogens is 259 g/mol. The average Bonchev–Trinajstić information content (AvgIpc) is 2.43. The van der Waals surface area contributed by atoms with E-state index in [2.05, 4.69) is 6.92 Å². The lowest BCUT2D eigenvalue weighted by atomic mass is 9.77. The Kier molecular flexibility index (Phi) is 5.69. The quantitative estimate of drug-likeness (QED) is 0.553. The maximum Gasteiger partial charge on any atom is 0.142 e. The minimum atomic E-state index is -0.274. The third kappa shape index (κ3) is 4.21. The van der Waals surface area contributed by atoms with Gasteiger partial charge in [0.1, 0.15) is 5.82 Å². The highest BCUT2D eigenvalue weighted by Crippen LogP contribution is 2.38. The molecule has 0 aromatic heterocycles. The van der Waals surface area contributed by atoms with E-state index in [0.717, 1.165) is 11.5 Å². The molecule has 1 fully saturated rings. The first-order valence-electron chi connectivity index (χ1n) is 7.65. The van der Waals surface area contributed by atoms with Crippen LogP contribution in [0.1, 0.15) is 69.8 Å². The summed E-state index contributed by atoms with van der Waals surface area (Å²) in [5.74, 6) is 1.17. The predicted octanol–water partition coefficient (Wildman–Crippen LogP) is 6.33. The Bertz CT molecular complexity index is 394. The number of benzene rings is 1. The van der Waals surface area contributed by atoms with Gasteiger partial charge in [0.05, 0.1) is 5.02 Å². The molecular formula is C17H24ClF. The van der Waals surface area contributed by atoms with Crippen molar-refractivity contribution in [3.63, 3.8) is 0 Å². The van der Waals surface area contributed by atoms with Gasteiger partial charge in [-0.3, -0.25) is 0 Å². The van der Waals surface area contributed by atoms with Gasteiger partial charge in [0.15, 0.2) is 0 Å². The Hall–Kier alpha value is -0.560. The number of hydrogen-bond acceptors (Lipinski definition) is 0. The van der Waals surface area contributed by atoms with Crippen LogP contribution in [0.5, 0.6) is 0 Å². The van der Waals surface area contributed by atoms with Gasteiger partial charge in [0.25, 0.3) is 0 Å². The van der Waals surface area contributed by atoms with Crippen LogP contribution in [0, 0.1) is 11.7 Å². The fourth-order valence-electron chi connectivity index (χ4n) is 3.23. The molecule has 19 heavy (non-hydrogen) atoms. The van der Waals surface area contributed by atoms with Crippen LogP contribution in [0.15, 0.2) is 18.2 Å². The Morgan fingerprint density at radius 1 is 1.16 bits per heavy atom. The second kappa shape index (κ2) is 7.28. The highest BCUT2D eigenvalue weighted by Gasteiger charge is 2.22. The van der Waals surface area contributed by atoms with E-state index < -0.39 is 0 Å². The summed E-state index contributed by atoms with van der Waals surface area (Å²) in [4.78, 5) is 0. The van der Waals surface area contributed by atoms with Gasteiger partial charge in [0.2, 0.25) is 0 Å². The van der Waals surface area contributed by atoms with Crippen molar-refractivity contribution in [2.75, 3.05) is 0 Å². The molecule has 0 saturated heterocycles. The van der Waals surface area contributed by atoms with Crippen LogP contribution in [0.25, 0.3) is 0 Å². The first-order valence-corrected chi connectivity index (χ1v) is 8.03. The minimum Gasteiger partial charge on any atom is -0.205 e. The van der Waals surface area contributed by atoms with Crippen molar-refractivity contribution in [2.24, 2.45) is 5.92 Å². The van der Waals surface area contributed by atoms with Gasteiger partial charge in [-0.15, -0.1) is 0 Å². The average molecular weight is 283 g/mol. The van der Waals surface area contributed by atoms with Crippen LogP contribution in [0.4, 0.5) is 4.39 Å². The van der Waals surface area contributed by atoms with Gasteiger partial charge in [0, 0.05) is 0 Å². The number of halogens is 2. The molecule has 1 aliphatic rings. The smallest absolute Gasteiger partial charge is 0.142 e. The minimum absolute atomic E-state index is 0.233. The summed E-state index contributed by atoms with van der Waals surface area (Å²) in [7, 11) is 0. The van der Waals surface area contributed by atoms with Crippen molar-refractivity contribution in [3.8, 4) is 0 Å². The molecule has 0 atom stereocenters. The van der Waals surface area contributed by atoms with Crippen molar-refractivity contribution in [1.29, 1.82) is 0 Å². The highest BCUT2D eigenvalue weighted by molar-refractivity contribution is 6.30. The van der Waals surface area contributed by atoms with Crippen molar-refractivity contribution < 1.29 is 4.39 Å². The largest absolute Gasteiger partial charge is 0.205 e. The fraction of sp³-hybridized carbons (Fsp3) is 0.647. The van der Waals surface area contributed by atoms with E-state index in [1.165, 1.54) is 51.4 Å². The maximum atomic E-state index is 13.5. The molecule has 1 aliphatic carbocycles. The standard InChI is InChI=1S/C17H24ClF/c1-2-3-4-5-13-6-8-14(9-7-13)15-10-11-16(18)17(19)12-15/h10-14H,2-9H2,1H3. The van der Waals surface area contributed by atoms with Crippen molar-refractivity contribution in [3.05, 3.63) is 34.6 Å². The Balaban J connectivity index is 1.84. The number of hydrogen-bond donors (Lipinski definition) is 0. The molecule has 0 spiro atoms. The normalized spacial score (nSPS) is 23.5. The van der Waals surface area contributed by atoms with Crippen LogP contribution in [0.3, 0.4) is 0 Å². The zero-order valence-corrected chi connectivity index (χ0v) is 12.6. The molecule has 0 heterocycles. The maximum absolute atomic E-state index is 13.5. The molecule has 0 amide bonds. The first-order chi connectivity index (χ1) is 9.20. The summed E-state index contributed by atoms with van der Waals surface area (Å²) in [6, 6.07) is 5.32. The summed E-state index contributed by atoms with van der Waals surface area (Å²) >= 11 is 5.74. The first kappa shape index (κ1) is 14.8. The third-order valence-corrected chi connectivity index (χ3v) is 4.78. The van der Waals surface area contributed by atoms with E-state index >= 15 is 0 Å². The summed E-state index contributed by atoms with van der Waals surface area (Å²) in [6.07, 6.45) is 10.5. The molecule has 2 heteroatoms. The van der Waals surface area contributed by atoms with Crippen LogP contribution in [-0.4, -0.2) is 0 Å². The van der Waals surface area contributed by atoms with Crippen molar-refractivity contribution >= 4 is 11.6 Å². The van der Waals surface area contributed by atoms with Gasteiger partial charge >= 0.3 is 0 Å². The van der Waals surface area contributed by atoms with E-state index in [9.17, 15) is 4.39 Å². The van der Waals surface area contributed by atoms with E-state index in [1.807, 2.05) is 6.07 Å². The highest BCUT2D eigenvalue weighted by atomic mass is 35.5. The van der Waals surface area contributed by atoms with Gasteiger partial charge in [-0.1, -0.05) is 50.3 Å². The zero-order chi connectivity index (χ0) is 13.7. The van der Waals surface area contributed by atoms with Crippen LogP contribution in [-0.2, 0) is 0 Å². The van der Waals surface area contributed by atoms with Gasteiger partial charge in [-0.25, -0.2) is 4.39 Å². The van der Waals surface area contributed by atoms with Crippen LogP contribution < -0.4 is 0 Å². The second-order valence-electron chi connectivity index (χ2n) is 5.89. The number of rotatable bonds is 5. The Morgan fingerprint density at radius 3 is 2.53 bits per heavy atom. The molecule has 0 unspecified atom stereocenters. The number of unbranched alkanes of at least 4 members (excludes halogenated alkanes) is 2. The van der Waals surface area contributed by atoms with E-state index in [4.69, 9.17) is 11.6 Å². The lowest BCUT2D eigenvalue weighted by Crippen LogP contribution is -2.13. The van der Waals surface area contributed by atoms with Crippen molar-refractivity contribution in [1.82, 2.24) is 0 Å². The summed E-state index contributed by atoms with van der Waals surface area (Å²) in [5.41, 5.74) is 1.13. The van der Waals surface area contributed by atoms with Gasteiger partial charge < -0.3 is 0 Å². The van der Waals surface area contributed by atoms with Crippen molar-refractivity contribution in [2.45, 2.75) is 64.2 Å². The monoisotopic (exact) mass is 282 g/mol. The molecule has 0 N–H and O–H groups in total. The molecule has 0 aliphatic heterocycles. The topological polar surface area (TPSA) is 0 Å². The molecule has 106 valence electrons. The summed E-state index contributed by atoms with van der Waals surface area (Å²) in [6.45, 7) is 2.26. The van der Waals surface area contributed by atoms with Crippen LogP contribution in [0.2, 0.25) is 5.02 Å². The molecule has 2 rings (SSSR count). The summed E-state index contributed by atoms with van der Waals surface area (Å²) in [5, 5.41) is 0.233. The van der Waals surface area contributed by atoms with Crippen LogP contribution >= 0.6 is 11.6 Å². The zero-order valence-electron chi connectivity index (χ0n) is 11.8. The van der Waals surface area contributed by atoms with Gasteiger partial charge in [-0.05, 0) is 55.2 Å². The molecule has 1 saturated carbocycles. The lowest BCUT2D eigenvalue weighted by molar-refractivity contribution is 0.302. The SMILES string of the molecule is CCCCCC1CCC(c2ccc(Cl)c(F)c2)CC1. The van der Waals surface area contributed by atoms with E-state index in [0.29, 0.717) is 5.92 Å². The second-order valence-corrected chi connectivity index (χ2v) is 6.29. The lowest BCUT2D eigenvalue weighted by Gasteiger charge is -2.29. The fourth-order valence-corrected chi connectivity index (χ4v) is 3.35. The molecule has 0 radical (unpaired) electrons.